The average molecular weight is 291 g/mol. The fraction of sp³-hybridized carbons (Fsp3) is 0.417. The number of carbonyl (C=O) groups excluding carboxylic acids is 1. The number of aryl methyl sites for hydroxylation is 1. The van der Waals surface area contributed by atoms with Crippen molar-refractivity contribution in [3.05, 3.63) is 23.3 Å². The Balaban J connectivity index is 3.52. The largest absolute Gasteiger partial charge is 0.490 e. The minimum Gasteiger partial charge on any atom is -0.490 e. The summed E-state index contributed by atoms with van der Waals surface area (Å²) >= 11 is 5.41. The van der Waals surface area contributed by atoms with Gasteiger partial charge in [0.2, 0.25) is 0 Å². The molecule has 0 aliphatic rings. The summed E-state index contributed by atoms with van der Waals surface area (Å²) in [7, 11) is -3.49. The van der Waals surface area contributed by atoms with Gasteiger partial charge in [0.1, 0.15) is 10.6 Å². The Morgan fingerprint density at radius 2 is 1.89 bits per heavy atom. The highest BCUT2D eigenvalue weighted by atomic mass is 35.5. The minimum absolute atomic E-state index is 0.0224. The number of hydrogen-bond acceptors (Lipinski definition) is 4. The van der Waals surface area contributed by atoms with Crippen LogP contribution in [0.25, 0.3) is 0 Å². The molecule has 0 spiro atoms. The van der Waals surface area contributed by atoms with Crippen molar-refractivity contribution in [2.75, 3.05) is 6.26 Å². The van der Waals surface area contributed by atoms with Crippen LogP contribution in [0.5, 0.6) is 5.75 Å². The maximum Gasteiger partial charge on any atom is 0.252 e. The van der Waals surface area contributed by atoms with Gasteiger partial charge >= 0.3 is 0 Å². The lowest BCUT2D eigenvalue weighted by Crippen LogP contribution is -2.11. The number of sulfone groups is 1. The first-order chi connectivity index (χ1) is 8.12. The second-order valence-corrected chi connectivity index (χ2v) is 6.65. The summed E-state index contributed by atoms with van der Waals surface area (Å²) in [5.41, 5.74) is 0.756. The molecule has 0 fully saturated rings. The highest BCUT2D eigenvalue weighted by molar-refractivity contribution is 7.90. The van der Waals surface area contributed by atoms with Gasteiger partial charge in [-0.15, -0.1) is 0 Å². The van der Waals surface area contributed by atoms with E-state index in [4.69, 9.17) is 16.3 Å². The van der Waals surface area contributed by atoms with Crippen molar-refractivity contribution in [1.82, 2.24) is 0 Å². The molecule has 0 N–H and O–H groups in total. The Morgan fingerprint density at radius 1 is 1.33 bits per heavy atom. The van der Waals surface area contributed by atoms with Crippen molar-refractivity contribution in [2.24, 2.45) is 0 Å². The first kappa shape index (κ1) is 15.0. The van der Waals surface area contributed by atoms with Crippen molar-refractivity contribution in [2.45, 2.75) is 31.8 Å². The molecule has 6 heteroatoms. The molecule has 0 aliphatic carbocycles. The fourth-order valence-electron chi connectivity index (χ4n) is 1.51. The lowest BCUT2D eigenvalue weighted by molar-refractivity contribution is 0.108. The number of carbonyl (C=O) groups is 1. The molecule has 0 atom stereocenters. The van der Waals surface area contributed by atoms with Crippen LogP contribution in [-0.2, 0) is 9.84 Å². The predicted octanol–water partition coefficient (Wildman–Crippen LogP) is 2.56. The Morgan fingerprint density at radius 3 is 2.28 bits per heavy atom. The Labute approximate surface area is 112 Å². The topological polar surface area (TPSA) is 60.4 Å². The third kappa shape index (κ3) is 3.46. The monoisotopic (exact) mass is 290 g/mol. The molecule has 0 saturated carbocycles. The van der Waals surface area contributed by atoms with Crippen molar-refractivity contribution in [3.8, 4) is 5.75 Å². The smallest absolute Gasteiger partial charge is 0.252 e. The summed E-state index contributed by atoms with van der Waals surface area (Å²) < 4.78 is 28.8. The van der Waals surface area contributed by atoms with Crippen LogP contribution in [0.15, 0.2) is 17.0 Å². The van der Waals surface area contributed by atoms with Crippen LogP contribution in [0.4, 0.5) is 0 Å². The number of ether oxygens (including phenoxy) is 1. The van der Waals surface area contributed by atoms with Crippen LogP contribution in [0.3, 0.4) is 0 Å². The van der Waals surface area contributed by atoms with E-state index in [2.05, 4.69) is 0 Å². The van der Waals surface area contributed by atoms with Crippen LogP contribution in [0.1, 0.15) is 29.8 Å². The van der Waals surface area contributed by atoms with E-state index in [0.29, 0.717) is 5.56 Å². The summed E-state index contributed by atoms with van der Waals surface area (Å²) in [6, 6.07) is 2.78. The molecule has 1 rings (SSSR count). The van der Waals surface area contributed by atoms with E-state index in [-0.39, 0.29) is 22.3 Å². The van der Waals surface area contributed by atoms with Crippen molar-refractivity contribution < 1.29 is 17.9 Å². The van der Waals surface area contributed by atoms with E-state index in [0.717, 1.165) is 6.26 Å². The second kappa shape index (κ2) is 5.28. The highest BCUT2D eigenvalue weighted by Crippen LogP contribution is 2.29. The van der Waals surface area contributed by atoms with E-state index >= 15 is 0 Å². The van der Waals surface area contributed by atoms with Gasteiger partial charge in [-0.3, -0.25) is 4.79 Å². The zero-order valence-electron chi connectivity index (χ0n) is 10.7. The molecule has 0 radical (unpaired) electrons. The molecule has 100 valence electrons. The third-order valence-electron chi connectivity index (χ3n) is 2.26. The minimum atomic E-state index is -3.49. The van der Waals surface area contributed by atoms with Gasteiger partial charge in [0.15, 0.2) is 9.84 Å². The Hall–Kier alpha value is -1.07. The van der Waals surface area contributed by atoms with Gasteiger partial charge in [-0.05, 0) is 50.1 Å². The fourth-order valence-corrected chi connectivity index (χ4v) is 2.52. The lowest BCUT2D eigenvalue weighted by atomic mass is 10.1. The Bertz CT molecular complexity index is 576. The maximum absolute atomic E-state index is 11.7. The van der Waals surface area contributed by atoms with Gasteiger partial charge in [-0.25, -0.2) is 8.42 Å². The van der Waals surface area contributed by atoms with Crippen molar-refractivity contribution in [3.63, 3.8) is 0 Å². The van der Waals surface area contributed by atoms with Crippen LogP contribution in [0, 0.1) is 6.92 Å². The van der Waals surface area contributed by atoms with Crippen LogP contribution in [-0.4, -0.2) is 26.0 Å². The zero-order chi connectivity index (χ0) is 14.1. The van der Waals surface area contributed by atoms with Crippen LogP contribution in [0.2, 0.25) is 0 Å². The molecule has 0 unspecified atom stereocenters. The molecule has 1 aromatic rings. The van der Waals surface area contributed by atoms with Gasteiger partial charge in [0, 0.05) is 11.8 Å². The summed E-state index contributed by atoms with van der Waals surface area (Å²) in [5.74, 6) is 0.242. The number of rotatable bonds is 4. The van der Waals surface area contributed by atoms with Crippen molar-refractivity contribution >= 4 is 26.7 Å². The van der Waals surface area contributed by atoms with Crippen LogP contribution < -0.4 is 4.74 Å². The molecular formula is C12H15ClO4S. The maximum atomic E-state index is 11.7. The average Bonchev–Trinajstić information content (AvgIpc) is 2.13. The van der Waals surface area contributed by atoms with E-state index in [1.54, 1.807) is 20.8 Å². The predicted molar refractivity (Wildman–Crippen MR) is 70.2 cm³/mol. The standard InChI is InChI=1S/C12H15ClO4S/c1-7(2)17-10-5-8(3)9(12(13)14)6-11(10)18(4,15)16/h5-7H,1-4H3. The van der Waals surface area contributed by atoms with Gasteiger partial charge in [-0.1, -0.05) is 0 Å². The SMILES string of the molecule is Cc1cc(OC(C)C)c(S(C)(=O)=O)cc1C(=O)Cl. The first-order valence-corrected chi connectivity index (χ1v) is 7.61. The first-order valence-electron chi connectivity index (χ1n) is 5.34. The molecule has 0 aromatic heterocycles. The molecule has 1 aromatic carbocycles. The molecule has 0 amide bonds. The van der Waals surface area contributed by atoms with Gasteiger partial charge in [0.25, 0.3) is 5.24 Å². The van der Waals surface area contributed by atoms with Crippen LogP contribution >= 0.6 is 11.6 Å². The molecule has 0 heterocycles. The van der Waals surface area contributed by atoms with Gasteiger partial charge in [0.05, 0.1) is 6.10 Å². The summed E-state index contributed by atoms with van der Waals surface area (Å²) in [4.78, 5) is 11.2. The number of hydrogen-bond donors (Lipinski definition) is 0. The zero-order valence-corrected chi connectivity index (χ0v) is 12.2. The van der Waals surface area contributed by atoms with Crippen molar-refractivity contribution in [1.29, 1.82) is 0 Å². The number of benzene rings is 1. The number of halogens is 1. The van der Waals surface area contributed by atoms with E-state index < -0.39 is 15.1 Å². The molecule has 0 bridgehead atoms. The highest BCUT2D eigenvalue weighted by Gasteiger charge is 2.20. The van der Waals surface area contributed by atoms with Gasteiger partial charge < -0.3 is 4.74 Å². The summed E-state index contributed by atoms with van der Waals surface area (Å²) in [6.45, 7) is 5.26. The van der Waals surface area contributed by atoms with E-state index in [9.17, 15) is 13.2 Å². The molecular weight excluding hydrogens is 276 g/mol. The second-order valence-electron chi connectivity index (χ2n) is 4.33. The molecule has 4 nitrogen and oxygen atoms in total. The molecule has 18 heavy (non-hydrogen) atoms. The van der Waals surface area contributed by atoms with Gasteiger partial charge in [-0.2, -0.15) is 0 Å². The van der Waals surface area contributed by atoms with E-state index in [1.165, 1.54) is 12.1 Å². The lowest BCUT2D eigenvalue weighted by Gasteiger charge is -2.15. The van der Waals surface area contributed by atoms with E-state index in [1.807, 2.05) is 0 Å². The third-order valence-corrected chi connectivity index (χ3v) is 3.59. The molecule has 0 aliphatic heterocycles. The Kier molecular flexibility index (Phi) is 4.40. The quantitative estimate of drug-likeness (QED) is 0.800. The molecule has 0 saturated heterocycles. The summed E-state index contributed by atoms with van der Waals surface area (Å²) in [6.07, 6.45) is 0.898. The normalized spacial score (nSPS) is 11.7. The summed E-state index contributed by atoms with van der Waals surface area (Å²) in [5, 5.41) is -0.687.